The summed E-state index contributed by atoms with van der Waals surface area (Å²) in [5, 5.41) is 4.74. The number of thiophene rings is 1. The van der Waals surface area contributed by atoms with Gasteiger partial charge in [-0.25, -0.2) is 13.2 Å². The van der Waals surface area contributed by atoms with Gasteiger partial charge >= 0.3 is 6.16 Å². The highest BCUT2D eigenvalue weighted by Crippen LogP contribution is 2.35. The number of rotatable bonds is 11. The molecule has 0 unspecified atom stereocenters. The van der Waals surface area contributed by atoms with E-state index in [2.05, 4.69) is 21.7 Å². The van der Waals surface area contributed by atoms with E-state index < -0.39 is 16.2 Å². The molecule has 0 aliphatic heterocycles. The lowest BCUT2D eigenvalue weighted by atomic mass is 10.2. The quantitative estimate of drug-likeness (QED) is 0.384. The second-order valence-corrected chi connectivity index (χ2v) is 8.67. The van der Waals surface area contributed by atoms with Gasteiger partial charge in [-0.2, -0.15) is 0 Å². The van der Waals surface area contributed by atoms with Crippen LogP contribution in [0.4, 0.5) is 16.2 Å². The third-order valence-electron chi connectivity index (χ3n) is 4.03. The van der Waals surface area contributed by atoms with E-state index in [1.54, 1.807) is 18.2 Å². The van der Waals surface area contributed by atoms with E-state index in [1.807, 2.05) is 0 Å². The fourth-order valence-corrected chi connectivity index (χ4v) is 4.81. The predicted molar refractivity (Wildman–Crippen MR) is 114 cm³/mol. The minimum absolute atomic E-state index is 0.0753. The number of carbonyl (C=O) groups excluding carboxylic acids is 1. The van der Waals surface area contributed by atoms with Crippen LogP contribution in [0.1, 0.15) is 32.6 Å². The van der Waals surface area contributed by atoms with Crippen LogP contribution in [0, 0.1) is 0 Å². The number of ether oxygens (including phenoxy) is 3. The van der Waals surface area contributed by atoms with E-state index in [4.69, 9.17) is 9.47 Å². The molecule has 0 spiro atoms. The Morgan fingerprint density at radius 3 is 2.62 bits per heavy atom. The van der Waals surface area contributed by atoms with Crippen LogP contribution in [0.15, 0.2) is 34.5 Å². The molecule has 8 nitrogen and oxygen atoms in total. The average Bonchev–Trinajstić information content (AvgIpc) is 3.17. The van der Waals surface area contributed by atoms with E-state index in [1.165, 1.54) is 31.4 Å². The van der Waals surface area contributed by atoms with Crippen LogP contribution >= 0.6 is 11.3 Å². The van der Waals surface area contributed by atoms with Crippen molar-refractivity contribution in [2.75, 3.05) is 30.8 Å². The van der Waals surface area contributed by atoms with Crippen LogP contribution in [0.5, 0.6) is 10.8 Å². The van der Waals surface area contributed by atoms with Crippen LogP contribution in [0.25, 0.3) is 0 Å². The molecule has 160 valence electrons. The third kappa shape index (κ3) is 6.53. The maximum absolute atomic E-state index is 12.8. The van der Waals surface area contributed by atoms with Crippen LogP contribution in [-0.4, -0.2) is 35.3 Å². The molecule has 29 heavy (non-hydrogen) atoms. The van der Waals surface area contributed by atoms with Gasteiger partial charge < -0.3 is 19.5 Å². The molecule has 0 aliphatic carbocycles. The van der Waals surface area contributed by atoms with E-state index in [0.717, 1.165) is 43.5 Å². The normalized spacial score (nSPS) is 11.0. The smallest absolute Gasteiger partial charge is 0.494 e. The molecule has 10 heteroatoms. The van der Waals surface area contributed by atoms with Gasteiger partial charge in [0.1, 0.15) is 10.6 Å². The number of hydrogen-bond acceptors (Lipinski definition) is 8. The summed E-state index contributed by atoms with van der Waals surface area (Å²) in [5.74, 6) is 0.373. The molecule has 0 amide bonds. The van der Waals surface area contributed by atoms with Crippen molar-refractivity contribution in [3.8, 4) is 10.8 Å². The Morgan fingerprint density at radius 2 is 1.93 bits per heavy atom. The Bertz CT molecular complexity index is 911. The number of hydrogen-bond donors (Lipinski definition) is 2. The summed E-state index contributed by atoms with van der Waals surface area (Å²) < 4.78 is 42.7. The minimum Gasteiger partial charge on any atom is -0.494 e. The summed E-state index contributed by atoms with van der Waals surface area (Å²) in [7, 11) is -1.39. The summed E-state index contributed by atoms with van der Waals surface area (Å²) in [6.07, 6.45) is 3.62. The van der Waals surface area contributed by atoms with Crippen molar-refractivity contribution in [3.63, 3.8) is 0 Å². The van der Waals surface area contributed by atoms with E-state index >= 15 is 0 Å². The number of methoxy groups -OCH3 is 2. The third-order valence-corrected chi connectivity index (χ3v) is 6.34. The van der Waals surface area contributed by atoms with Gasteiger partial charge in [0, 0.05) is 18.3 Å². The van der Waals surface area contributed by atoms with E-state index in [-0.39, 0.29) is 15.6 Å². The molecule has 1 heterocycles. The van der Waals surface area contributed by atoms with Gasteiger partial charge in [-0.05, 0) is 30.0 Å². The number of carbonyl (C=O) groups is 1. The maximum atomic E-state index is 12.8. The van der Waals surface area contributed by atoms with Crippen molar-refractivity contribution in [2.24, 2.45) is 0 Å². The van der Waals surface area contributed by atoms with Gasteiger partial charge in [0.15, 0.2) is 0 Å². The molecule has 0 fully saturated rings. The highest BCUT2D eigenvalue weighted by atomic mass is 32.2. The molecule has 1 aromatic carbocycles. The zero-order valence-electron chi connectivity index (χ0n) is 16.7. The molecule has 0 bridgehead atoms. The van der Waals surface area contributed by atoms with Crippen LogP contribution in [0.2, 0.25) is 0 Å². The first-order chi connectivity index (χ1) is 13.9. The summed E-state index contributed by atoms with van der Waals surface area (Å²) in [5.41, 5.74) is 1.12. The highest BCUT2D eigenvalue weighted by molar-refractivity contribution is 7.93. The van der Waals surface area contributed by atoms with Crippen molar-refractivity contribution >= 4 is 38.9 Å². The number of nitrogens with one attached hydrogen (secondary N) is 2. The summed E-state index contributed by atoms with van der Waals surface area (Å²) in [6, 6.07) is 6.48. The average molecular weight is 443 g/mol. The predicted octanol–water partition coefficient (Wildman–Crippen LogP) is 4.69. The van der Waals surface area contributed by atoms with Gasteiger partial charge in [0.25, 0.3) is 10.0 Å². The number of anilines is 2. The standard InChI is InChI=1S/C19H26N2O6S2/c1-4-5-6-7-11-20-14-8-9-15(16(13-14)25-2)21-29(23,24)17-10-12-28-18(17)27-19(22)26-3/h8-10,12-13,20-21H,4-7,11H2,1-3H3. The van der Waals surface area contributed by atoms with Crippen molar-refractivity contribution in [2.45, 2.75) is 37.5 Å². The van der Waals surface area contributed by atoms with Crippen LogP contribution in [-0.2, 0) is 14.8 Å². The minimum atomic E-state index is -4.00. The molecule has 2 N–H and O–H groups in total. The Labute approximate surface area is 175 Å². The molecule has 2 aromatic rings. The SMILES string of the molecule is CCCCCCNc1ccc(NS(=O)(=O)c2ccsc2OC(=O)OC)c(OC)c1. The Morgan fingerprint density at radius 1 is 1.14 bits per heavy atom. The Kier molecular flexibility index (Phi) is 8.59. The lowest BCUT2D eigenvalue weighted by Crippen LogP contribution is -2.15. The lowest BCUT2D eigenvalue weighted by molar-refractivity contribution is 0.122. The first kappa shape index (κ1) is 22.8. The van der Waals surface area contributed by atoms with Crippen molar-refractivity contribution in [1.29, 1.82) is 0 Å². The van der Waals surface area contributed by atoms with Crippen molar-refractivity contribution in [1.82, 2.24) is 0 Å². The van der Waals surface area contributed by atoms with Gasteiger partial charge in [0.05, 0.1) is 19.9 Å². The lowest BCUT2D eigenvalue weighted by Gasteiger charge is -2.14. The molecule has 0 aliphatic rings. The molecule has 0 atom stereocenters. The molecular weight excluding hydrogens is 416 g/mol. The topological polar surface area (TPSA) is 103 Å². The van der Waals surface area contributed by atoms with Crippen LogP contribution < -0.4 is 19.5 Å². The van der Waals surface area contributed by atoms with Crippen LogP contribution in [0.3, 0.4) is 0 Å². The Balaban J connectivity index is 2.12. The molecule has 0 saturated carbocycles. The maximum Gasteiger partial charge on any atom is 0.514 e. The first-order valence-corrected chi connectivity index (χ1v) is 11.6. The molecule has 0 saturated heterocycles. The number of sulfonamides is 1. The fourth-order valence-electron chi connectivity index (χ4n) is 2.54. The largest absolute Gasteiger partial charge is 0.514 e. The van der Waals surface area contributed by atoms with Gasteiger partial charge in [-0.15, -0.1) is 11.3 Å². The second-order valence-electron chi connectivity index (χ2n) is 6.14. The summed E-state index contributed by atoms with van der Waals surface area (Å²) >= 11 is 0.974. The monoisotopic (exact) mass is 442 g/mol. The Hall–Kier alpha value is -2.46. The molecule has 1 aromatic heterocycles. The molecular formula is C19H26N2O6S2. The van der Waals surface area contributed by atoms with Gasteiger partial charge in [0.2, 0.25) is 5.06 Å². The van der Waals surface area contributed by atoms with Gasteiger partial charge in [-0.3, -0.25) is 4.72 Å². The van der Waals surface area contributed by atoms with E-state index in [9.17, 15) is 13.2 Å². The number of benzene rings is 1. The van der Waals surface area contributed by atoms with Crippen molar-refractivity contribution in [3.05, 3.63) is 29.6 Å². The second kappa shape index (κ2) is 10.9. The summed E-state index contributed by atoms with van der Waals surface area (Å²) in [6.45, 7) is 3.00. The zero-order valence-corrected chi connectivity index (χ0v) is 18.3. The number of unbranched alkanes of at least 4 members (excludes halogenated alkanes) is 3. The van der Waals surface area contributed by atoms with E-state index in [0.29, 0.717) is 5.75 Å². The highest BCUT2D eigenvalue weighted by Gasteiger charge is 2.24. The summed E-state index contributed by atoms with van der Waals surface area (Å²) in [4.78, 5) is 11.2. The first-order valence-electron chi connectivity index (χ1n) is 9.19. The fraction of sp³-hybridized carbons (Fsp3) is 0.421. The van der Waals surface area contributed by atoms with Crippen molar-refractivity contribution < 1.29 is 27.4 Å². The van der Waals surface area contributed by atoms with Gasteiger partial charge in [-0.1, -0.05) is 26.2 Å². The zero-order chi connectivity index (χ0) is 21.3. The molecule has 2 rings (SSSR count). The molecule has 0 radical (unpaired) electrons.